The van der Waals surface area contributed by atoms with Crippen molar-refractivity contribution < 1.29 is 17.9 Å². The number of halogens is 1. The van der Waals surface area contributed by atoms with Crippen LogP contribution < -0.4 is 20.1 Å². The summed E-state index contributed by atoms with van der Waals surface area (Å²) in [4.78, 5) is 4.59. The van der Waals surface area contributed by atoms with Crippen molar-refractivity contribution in [3.8, 4) is 11.5 Å². The maximum Gasteiger partial charge on any atom is 0.214 e. The Morgan fingerprint density at radius 1 is 1.23 bits per heavy atom. The van der Waals surface area contributed by atoms with Crippen LogP contribution in [0, 0.1) is 0 Å². The van der Waals surface area contributed by atoms with Crippen molar-refractivity contribution >= 4 is 40.0 Å². The number of aliphatic imine (C=N–C) groups is 1. The maximum absolute atomic E-state index is 11.8. The van der Waals surface area contributed by atoms with Gasteiger partial charge in [-0.05, 0) is 50.8 Å². The van der Waals surface area contributed by atoms with Gasteiger partial charge in [-0.1, -0.05) is 6.07 Å². The lowest BCUT2D eigenvalue weighted by Gasteiger charge is -2.16. The van der Waals surface area contributed by atoms with E-state index in [1.807, 2.05) is 32.0 Å². The number of nitrogens with one attached hydrogen (secondary N) is 2. The van der Waals surface area contributed by atoms with Crippen molar-refractivity contribution in [2.75, 3.05) is 52.2 Å². The number of hydrogen-bond acceptors (Lipinski definition) is 5. The second kappa shape index (κ2) is 13.9. The number of ether oxygens (including phenoxy) is 2. The van der Waals surface area contributed by atoms with Gasteiger partial charge >= 0.3 is 0 Å². The molecular weight excluding hydrogens is 519 g/mol. The topological polar surface area (TPSA) is 92.3 Å². The molecule has 0 amide bonds. The molecule has 0 radical (unpaired) electrons. The van der Waals surface area contributed by atoms with Crippen LogP contribution in [0.3, 0.4) is 0 Å². The number of benzene rings is 1. The van der Waals surface area contributed by atoms with Gasteiger partial charge in [0.25, 0.3) is 0 Å². The highest BCUT2D eigenvalue weighted by molar-refractivity contribution is 14.0. The molecule has 1 fully saturated rings. The van der Waals surface area contributed by atoms with Gasteiger partial charge in [0.15, 0.2) is 17.5 Å². The lowest BCUT2D eigenvalue weighted by Crippen LogP contribution is -2.42. The minimum Gasteiger partial charge on any atom is -0.493 e. The van der Waals surface area contributed by atoms with Crippen molar-refractivity contribution in [3.63, 3.8) is 0 Å². The van der Waals surface area contributed by atoms with Gasteiger partial charge in [0.2, 0.25) is 10.0 Å². The number of nitrogens with zero attached hydrogens (tertiary/aromatic N) is 2. The molecular formula is C20H35IN4O4S. The minimum absolute atomic E-state index is 0. The summed E-state index contributed by atoms with van der Waals surface area (Å²) < 4.78 is 36.2. The highest BCUT2D eigenvalue weighted by Gasteiger charge is 2.27. The van der Waals surface area contributed by atoms with E-state index < -0.39 is 10.0 Å². The third-order valence-electron chi connectivity index (χ3n) is 4.62. The van der Waals surface area contributed by atoms with Crippen LogP contribution in [0.1, 0.15) is 32.3 Å². The van der Waals surface area contributed by atoms with E-state index in [1.54, 1.807) is 11.4 Å². The lowest BCUT2D eigenvalue weighted by molar-refractivity contribution is 0.310. The Balaban J connectivity index is 0.00000450. The Labute approximate surface area is 197 Å². The Kier molecular flexibility index (Phi) is 12.4. The molecule has 1 aliphatic rings. The Hall–Kier alpha value is -1.27. The molecule has 2 N–H and O–H groups in total. The van der Waals surface area contributed by atoms with Crippen LogP contribution in [0.4, 0.5) is 0 Å². The maximum atomic E-state index is 11.8. The standard InChI is InChI=1S/C20H34N4O4S.HI/c1-4-21-20(23-12-14-24-13-7-15-29(24,25)26)22-11-6-8-17-9-10-18(27-3)19(16-17)28-5-2;/h9-10,16H,4-8,11-15H2,1-3H3,(H2,21,22,23);1H. The summed E-state index contributed by atoms with van der Waals surface area (Å²) in [5.41, 5.74) is 1.18. The van der Waals surface area contributed by atoms with Crippen LogP contribution in [0.2, 0.25) is 0 Å². The minimum atomic E-state index is -3.05. The Morgan fingerprint density at radius 2 is 2.03 bits per heavy atom. The molecule has 1 aliphatic heterocycles. The van der Waals surface area contributed by atoms with E-state index in [-0.39, 0.29) is 29.7 Å². The van der Waals surface area contributed by atoms with Gasteiger partial charge in [0.1, 0.15) is 0 Å². The highest BCUT2D eigenvalue weighted by atomic mass is 127. The van der Waals surface area contributed by atoms with E-state index in [2.05, 4.69) is 15.6 Å². The van der Waals surface area contributed by atoms with E-state index in [4.69, 9.17) is 9.47 Å². The molecule has 1 heterocycles. The molecule has 0 aliphatic carbocycles. The Morgan fingerprint density at radius 3 is 2.67 bits per heavy atom. The number of methoxy groups -OCH3 is 1. The number of hydrogen-bond donors (Lipinski definition) is 2. The Bertz CT molecular complexity index is 774. The van der Waals surface area contributed by atoms with E-state index in [0.29, 0.717) is 45.2 Å². The van der Waals surface area contributed by atoms with E-state index >= 15 is 0 Å². The SMILES string of the molecule is CCNC(=NCCCc1ccc(OC)c(OCC)c1)NCCN1CCCS1(=O)=O.I. The van der Waals surface area contributed by atoms with Gasteiger partial charge in [-0.2, -0.15) is 0 Å². The molecule has 172 valence electrons. The molecule has 0 atom stereocenters. The van der Waals surface area contributed by atoms with Crippen molar-refractivity contribution in [2.24, 2.45) is 4.99 Å². The van der Waals surface area contributed by atoms with E-state index in [0.717, 1.165) is 30.9 Å². The van der Waals surface area contributed by atoms with Crippen LogP contribution in [-0.4, -0.2) is 70.9 Å². The van der Waals surface area contributed by atoms with Crippen LogP contribution in [0.5, 0.6) is 11.5 Å². The molecule has 1 saturated heterocycles. The molecule has 30 heavy (non-hydrogen) atoms. The summed E-state index contributed by atoms with van der Waals surface area (Å²) in [6.45, 7) is 7.62. The highest BCUT2D eigenvalue weighted by Crippen LogP contribution is 2.28. The first-order valence-corrected chi connectivity index (χ1v) is 11.9. The van der Waals surface area contributed by atoms with Gasteiger partial charge in [-0.25, -0.2) is 12.7 Å². The first kappa shape index (κ1) is 26.8. The summed E-state index contributed by atoms with van der Waals surface area (Å²) in [5.74, 6) is 2.49. The van der Waals surface area contributed by atoms with E-state index in [9.17, 15) is 8.42 Å². The van der Waals surface area contributed by atoms with Crippen molar-refractivity contribution in [2.45, 2.75) is 33.1 Å². The summed E-state index contributed by atoms with van der Waals surface area (Å²) in [5, 5.41) is 6.42. The fraction of sp³-hybridized carbons (Fsp3) is 0.650. The average Bonchev–Trinajstić information content (AvgIpc) is 3.04. The number of rotatable bonds is 11. The molecule has 0 saturated carbocycles. The molecule has 8 nitrogen and oxygen atoms in total. The molecule has 10 heteroatoms. The summed E-state index contributed by atoms with van der Waals surface area (Å²) in [6.07, 6.45) is 2.50. The van der Waals surface area contributed by atoms with Gasteiger partial charge in [0.05, 0.1) is 19.5 Å². The second-order valence-electron chi connectivity index (χ2n) is 6.78. The van der Waals surface area contributed by atoms with Crippen molar-refractivity contribution in [1.82, 2.24) is 14.9 Å². The third kappa shape index (κ3) is 8.46. The largest absolute Gasteiger partial charge is 0.493 e. The van der Waals surface area contributed by atoms with Gasteiger partial charge < -0.3 is 20.1 Å². The molecule has 0 bridgehead atoms. The first-order chi connectivity index (χ1) is 14.0. The normalized spacial score (nSPS) is 16.0. The number of guanidine groups is 1. The van der Waals surface area contributed by atoms with Crippen LogP contribution >= 0.6 is 24.0 Å². The van der Waals surface area contributed by atoms with Crippen LogP contribution in [0.25, 0.3) is 0 Å². The van der Waals surface area contributed by atoms with Crippen molar-refractivity contribution in [1.29, 1.82) is 0 Å². The quantitative estimate of drug-likeness (QED) is 0.189. The average molecular weight is 554 g/mol. The predicted molar refractivity (Wildman–Crippen MR) is 132 cm³/mol. The monoisotopic (exact) mass is 554 g/mol. The summed E-state index contributed by atoms with van der Waals surface area (Å²) in [7, 11) is -1.41. The molecule has 1 aromatic carbocycles. The lowest BCUT2D eigenvalue weighted by atomic mass is 10.1. The van der Waals surface area contributed by atoms with E-state index in [1.165, 1.54) is 5.56 Å². The zero-order valence-electron chi connectivity index (χ0n) is 18.1. The number of aryl methyl sites for hydroxylation is 1. The van der Waals surface area contributed by atoms with Crippen LogP contribution in [-0.2, 0) is 16.4 Å². The zero-order chi connectivity index (χ0) is 21.1. The second-order valence-corrected chi connectivity index (χ2v) is 8.87. The fourth-order valence-electron chi connectivity index (χ4n) is 3.20. The third-order valence-corrected chi connectivity index (χ3v) is 6.58. The molecule has 0 unspecified atom stereocenters. The summed E-state index contributed by atoms with van der Waals surface area (Å²) >= 11 is 0. The first-order valence-electron chi connectivity index (χ1n) is 10.3. The van der Waals surface area contributed by atoms with Gasteiger partial charge in [-0.3, -0.25) is 4.99 Å². The molecule has 2 rings (SSSR count). The summed E-state index contributed by atoms with van der Waals surface area (Å²) in [6, 6.07) is 6.00. The van der Waals surface area contributed by atoms with Gasteiger partial charge in [0, 0.05) is 32.7 Å². The van der Waals surface area contributed by atoms with Gasteiger partial charge in [-0.15, -0.1) is 24.0 Å². The number of sulfonamides is 1. The smallest absolute Gasteiger partial charge is 0.214 e. The zero-order valence-corrected chi connectivity index (χ0v) is 21.3. The molecule has 0 spiro atoms. The van der Waals surface area contributed by atoms with Crippen molar-refractivity contribution in [3.05, 3.63) is 23.8 Å². The predicted octanol–water partition coefficient (Wildman–Crippen LogP) is 2.24. The fourth-order valence-corrected chi connectivity index (χ4v) is 4.73. The molecule has 1 aromatic rings. The molecule has 0 aromatic heterocycles. The van der Waals surface area contributed by atoms with Crippen LogP contribution in [0.15, 0.2) is 23.2 Å².